The normalized spacial score (nSPS) is 11.0. The van der Waals surface area contributed by atoms with Gasteiger partial charge in [0.1, 0.15) is 0 Å². The fourth-order valence-corrected chi connectivity index (χ4v) is 1.38. The zero-order valence-electron chi connectivity index (χ0n) is 12.8. The van der Waals surface area contributed by atoms with Crippen LogP contribution >= 0.6 is 0 Å². The van der Waals surface area contributed by atoms with Gasteiger partial charge in [-0.3, -0.25) is 9.59 Å². The highest BCUT2D eigenvalue weighted by atomic mass is 16.2. The lowest BCUT2D eigenvalue weighted by Gasteiger charge is -2.10. The Bertz CT molecular complexity index is 231. The number of carbonyl (C=O) groups is 2. The van der Waals surface area contributed by atoms with Gasteiger partial charge in [0.2, 0.25) is 11.8 Å². The van der Waals surface area contributed by atoms with Crippen molar-refractivity contribution in [3.63, 3.8) is 0 Å². The van der Waals surface area contributed by atoms with E-state index in [9.17, 15) is 9.59 Å². The van der Waals surface area contributed by atoms with Crippen LogP contribution in [0.25, 0.3) is 0 Å². The zero-order chi connectivity index (χ0) is 14.6. The van der Waals surface area contributed by atoms with Crippen LogP contribution in [0.3, 0.4) is 0 Å². The van der Waals surface area contributed by atoms with Gasteiger partial charge in [-0.2, -0.15) is 0 Å². The van der Waals surface area contributed by atoms with Crippen LogP contribution < -0.4 is 10.6 Å². The number of hydrogen-bond acceptors (Lipinski definition) is 2. The summed E-state index contributed by atoms with van der Waals surface area (Å²) in [6, 6.07) is 0.671. The molecule has 132 valence electrons. The minimum atomic E-state index is 0. The molecule has 4 heteroatoms. The Labute approximate surface area is 134 Å². The van der Waals surface area contributed by atoms with Crippen molar-refractivity contribution in [3.8, 4) is 0 Å². The van der Waals surface area contributed by atoms with Gasteiger partial charge in [-0.25, -0.2) is 0 Å². The Morgan fingerprint density at radius 3 is 1.48 bits per heavy atom. The molecule has 0 aromatic rings. The minimum Gasteiger partial charge on any atom is -0.354 e. The van der Waals surface area contributed by atoms with E-state index in [0.717, 1.165) is 12.8 Å². The van der Waals surface area contributed by atoms with E-state index >= 15 is 0 Å². The summed E-state index contributed by atoms with van der Waals surface area (Å²) in [4.78, 5) is 20.8. The van der Waals surface area contributed by atoms with Crippen LogP contribution in [0.2, 0.25) is 0 Å². The van der Waals surface area contributed by atoms with Crippen LogP contribution in [-0.4, -0.2) is 23.9 Å². The Hall–Kier alpha value is -1.06. The molecule has 0 aromatic carbocycles. The number of nitrogens with one attached hydrogen (secondary N) is 2. The first-order valence-corrected chi connectivity index (χ1v) is 6.87. The van der Waals surface area contributed by atoms with Crippen LogP contribution in [0.4, 0.5) is 0 Å². The second kappa shape index (κ2) is 21.2. The fraction of sp³-hybridized carbons (Fsp3) is 0.882. The number of hydrogen-bond donors (Lipinski definition) is 2. The molecule has 0 fully saturated rings. The summed E-state index contributed by atoms with van der Waals surface area (Å²) in [5.74, 6) is 0.128. The van der Waals surface area contributed by atoms with E-state index in [-0.39, 0.29) is 34.1 Å². The first-order valence-electron chi connectivity index (χ1n) is 6.87. The van der Waals surface area contributed by atoms with Crippen molar-refractivity contribution in [3.05, 3.63) is 0 Å². The Morgan fingerprint density at radius 1 is 0.857 bits per heavy atom. The van der Waals surface area contributed by atoms with Crippen LogP contribution in [-0.2, 0) is 9.59 Å². The third-order valence-electron chi connectivity index (χ3n) is 2.50. The van der Waals surface area contributed by atoms with Gasteiger partial charge in [0.25, 0.3) is 0 Å². The first kappa shape index (κ1) is 32.0. The average Bonchev–Trinajstić information content (AvgIpc) is 2.25. The predicted octanol–water partition coefficient (Wildman–Crippen LogP) is 4.53. The van der Waals surface area contributed by atoms with Gasteiger partial charge in [-0.1, -0.05) is 49.0 Å². The molecule has 4 nitrogen and oxygen atoms in total. The molecule has 2 N–H and O–H groups in total. The lowest BCUT2D eigenvalue weighted by atomic mass is 10.1. The van der Waals surface area contributed by atoms with E-state index in [0.29, 0.717) is 12.1 Å². The quantitative estimate of drug-likeness (QED) is 0.757. The van der Waals surface area contributed by atoms with E-state index in [2.05, 4.69) is 17.6 Å². The maximum atomic E-state index is 10.5. The van der Waals surface area contributed by atoms with Gasteiger partial charge in [-0.05, 0) is 26.7 Å². The van der Waals surface area contributed by atoms with Gasteiger partial charge in [-0.15, -0.1) is 0 Å². The number of amides is 2. The standard InChI is InChI=1S/C8H17NO.C6H13NO.3CH4/c1-4-5-6-7(2)9-8(3)10;1-4-5(2)7-6(3)8;;;/h7H,4-6H2,1-3H3,(H,9,10);5H,4H2,1-3H3,(H,7,8);3*1H4. The van der Waals surface area contributed by atoms with E-state index in [1.54, 1.807) is 6.92 Å². The molecule has 0 rings (SSSR count). The average molecular weight is 307 g/mol. The van der Waals surface area contributed by atoms with Crippen molar-refractivity contribution in [2.45, 2.75) is 102 Å². The van der Waals surface area contributed by atoms with Gasteiger partial charge < -0.3 is 10.6 Å². The maximum absolute atomic E-state index is 10.5. The molecule has 0 bridgehead atoms. The molecule has 2 amide bonds. The second-order valence-corrected chi connectivity index (χ2v) is 4.75. The maximum Gasteiger partial charge on any atom is 0.217 e. The summed E-state index contributed by atoms with van der Waals surface area (Å²) in [5.41, 5.74) is 0. The number of carbonyl (C=O) groups excluding carboxylic acids is 2. The molecule has 0 saturated heterocycles. The predicted molar refractivity (Wildman–Crippen MR) is 96.6 cm³/mol. The summed E-state index contributed by atoms with van der Waals surface area (Å²) in [6.45, 7) is 11.3. The van der Waals surface area contributed by atoms with Crippen LogP contribution in [0.15, 0.2) is 0 Å². The van der Waals surface area contributed by atoms with E-state index in [1.807, 2.05) is 20.8 Å². The van der Waals surface area contributed by atoms with Gasteiger partial charge in [0.15, 0.2) is 0 Å². The summed E-state index contributed by atoms with van der Waals surface area (Å²) in [7, 11) is 0. The highest BCUT2D eigenvalue weighted by Crippen LogP contribution is 1.98. The molecular formula is C17H42N2O2. The van der Waals surface area contributed by atoms with Crippen LogP contribution in [0, 0.1) is 0 Å². The van der Waals surface area contributed by atoms with Gasteiger partial charge in [0, 0.05) is 25.9 Å². The molecule has 0 saturated carbocycles. The second-order valence-electron chi connectivity index (χ2n) is 4.75. The van der Waals surface area contributed by atoms with E-state index < -0.39 is 0 Å². The summed E-state index contributed by atoms with van der Waals surface area (Å²) in [6.07, 6.45) is 4.49. The number of rotatable bonds is 6. The monoisotopic (exact) mass is 306 g/mol. The van der Waals surface area contributed by atoms with Crippen molar-refractivity contribution < 1.29 is 9.59 Å². The lowest BCUT2D eigenvalue weighted by molar-refractivity contribution is -0.120. The molecule has 2 atom stereocenters. The molecule has 0 aliphatic heterocycles. The molecule has 0 heterocycles. The smallest absolute Gasteiger partial charge is 0.217 e. The van der Waals surface area contributed by atoms with Crippen molar-refractivity contribution in [2.75, 3.05) is 0 Å². The Morgan fingerprint density at radius 2 is 1.24 bits per heavy atom. The molecule has 21 heavy (non-hydrogen) atoms. The van der Waals surface area contributed by atoms with Crippen LogP contribution in [0.1, 0.15) is 89.5 Å². The van der Waals surface area contributed by atoms with Gasteiger partial charge in [0.05, 0.1) is 0 Å². The summed E-state index contributed by atoms with van der Waals surface area (Å²) < 4.78 is 0. The lowest BCUT2D eigenvalue weighted by Crippen LogP contribution is -2.30. The molecule has 0 radical (unpaired) electrons. The minimum absolute atomic E-state index is 0. The highest BCUT2D eigenvalue weighted by molar-refractivity contribution is 5.73. The fourth-order valence-electron chi connectivity index (χ4n) is 1.38. The van der Waals surface area contributed by atoms with Crippen molar-refractivity contribution in [2.24, 2.45) is 0 Å². The van der Waals surface area contributed by atoms with Crippen molar-refractivity contribution in [1.82, 2.24) is 10.6 Å². The van der Waals surface area contributed by atoms with E-state index in [1.165, 1.54) is 19.8 Å². The summed E-state index contributed by atoms with van der Waals surface area (Å²) >= 11 is 0. The summed E-state index contributed by atoms with van der Waals surface area (Å²) in [5, 5.41) is 5.59. The molecule has 0 aromatic heterocycles. The van der Waals surface area contributed by atoms with Crippen LogP contribution in [0.5, 0.6) is 0 Å². The molecule has 0 aliphatic carbocycles. The Kier molecular flexibility index (Phi) is 32.4. The third kappa shape index (κ3) is 32.5. The highest BCUT2D eigenvalue weighted by Gasteiger charge is 2.00. The first-order chi connectivity index (χ1) is 8.33. The largest absolute Gasteiger partial charge is 0.354 e. The molecule has 0 aliphatic rings. The Balaban J connectivity index is -0.0000000724. The van der Waals surface area contributed by atoms with Gasteiger partial charge >= 0.3 is 0 Å². The molecular weight excluding hydrogens is 264 g/mol. The SMILES string of the molecule is C.C.C.CCC(C)NC(C)=O.CCCCC(C)NC(C)=O. The topological polar surface area (TPSA) is 58.2 Å². The molecule has 2 unspecified atom stereocenters. The van der Waals surface area contributed by atoms with Crippen molar-refractivity contribution in [1.29, 1.82) is 0 Å². The van der Waals surface area contributed by atoms with E-state index in [4.69, 9.17) is 0 Å². The number of unbranched alkanes of at least 4 members (excludes halogenated alkanes) is 1. The van der Waals surface area contributed by atoms with Crippen molar-refractivity contribution >= 4 is 11.8 Å². The third-order valence-corrected chi connectivity index (χ3v) is 2.50. The zero-order valence-corrected chi connectivity index (χ0v) is 12.8. The molecule has 0 spiro atoms.